The number of hydrogen-bond acceptors (Lipinski definition) is 7. The predicted octanol–water partition coefficient (Wildman–Crippen LogP) is 4.35. The van der Waals surface area contributed by atoms with Crippen molar-refractivity contribution in [1.82, 2.24) is 0 Å². The molecule has 2 aromatic carbocycles. The van der Waals surface area contributed by atoms with E-state index < -0.39 is 29.5 Å². The molecule has 168 valence electrons. The number of aliphatic hydroxyl groups excluding tert-OH is 1. The van der Waals surface area contributed by atoms with Crippen LogP contribution < -0.4 is 9.64 Å². The smallest absolute Gasteiger partial charge is 0.337 e. The maximum atomic E-state index is 13.1. The lowest BCUT2D eigenvalue weighted by molar-refractivity contribution is -0.132. The molecule has 9 heteroatoms. The van der Waals surface area contributed by atoms with Crippen molar-refractivity contribution in [2.45, 2.75) is 6.04 Å². The van der Waals surface area contributed by atoms with Crippen molar-refractivity contribution in [1.29, 1.82) is 0 Å². The van der Waals surface area contributed by atoms with Gasteiger partial charge in [0.05, 0.1) is 36.6 Å². The van der Waals surface area contributed by atoms with E-state index in [4.69, 9.17) is 25.5 Å². The number of aliphatic hydroxyl groups is 1. The first-order valence-corrected chi connectivity index (χ1v) is 10.1. The fourth-order valence-electron chi connectivity index (χ4n) is 3.68. The van der Waals surface area contributed by atoms with Crippen LogP contribution in [0.3, 0.4) is 0 Å². The lowest BCUT2D eigenvalue weighted by atomic mass is 9.99. The molecule has 8 nitrogen and oxygen atoms in total. The Hall–Kier alpha value is -4.04. The number of anilines is 1. The van der Waals surface area contributed by atoms with Crippen molar-refractivity contribution in [2.75, 3.05) is 19.1 Å². The maximum absolute atomic E-state index is 13.1. The molecule has 2 heterocycles. The van der Waals surface area contributed by atoms with Gasteiger partial charge in [-0.15, -0.1) is 0 Å². The normalized spacial score (nSPS) is 17.3. The highest BCUT2D eigenvalue weighted by molar-refractivity contribution is 6.51. The zero-order valence-electron chi connectivity index (χ0n) is 17.6. The summed E-state index contributed by atoms with van der Waals surface area (Å²) in [6.45, 7) is 0. The fraction of sp³-hybridized carbons (Fsp3) is 0.125. The molecule has 0 aliphatic carbocycles. The van der Waals surface area contributed by atoms with Gasteiger partial charge in [0.1, 0.15) is 23.3 Å². The highest BCUT2D eigenvalue weighted by Gasteiger charge is 2.48. The van der Waals surface area contributed by atoms with E-state index in [0.717, 1.165) is 0 Å². The third kappa shape index (κ3) is 3.85. The molecular weight excluding hydrogens is 450 g/mol. The van der Waals surface area contributed by atoms with Gasteiger partial charge in [-0.25, -0.2) is 4.79 Å². The van der Waals surface area contributed by atoms with Crippen molar-refractivity contribution in [3.63, 3.8) is 0 Å². The second-order valence-corrected chi connectivity index (χ2v) is 7.48. The first kappa shape index (κ1) is 22.2. The second kappa shape index (κ2) is 8.84. The van der Waals surface area contributed by atoms with Crippen LogP contribution in [0.2, 0.25) is 5.02 Å². The molecule has 0 radical (unpaired) electrons. The largest absolute Gasteiger partial charge is 0.507 e. The van der Waals surface area contributed by atoms with Crippen LogP contribution in [0.25, 0.3) is 5.76 Å². The molecule has 1 amide bonds. The summed E-state index contributed by atoms with van der Waals surface area (Å²) in [7, 11) is 2.69. The molecule has 1 aromatic heterocycles. The van der Waals surface area contributed by atoms with Gasteiger partial charge in [0.2, 0.25) is 0 Å². The van der Waals surface area contributed by atoms with Gasteiger partial charge in [0.25, 0.3) is 11.7 Å². The van der Waals surface area contributed by atoms with Crippen LogP contribution in [-0.4, -0.2) is 37.0 Å². The number of carbonyl (C=O) groups is 3. The number of amides is 1. The average Bonchev–Trinajstić information content (AvgIpc) is 3.45. The number of Topliss-reactive ketones (excluding diaryl/α,β-unsaturated/α-hetero) is 1. The number of halogens is 1. The molecule has 3 aromatic rings. The van der Waals surface area contributed by atoms with E-state index in [0.29, 0.717) is 5.75 Å². The third-order valence-electron chi connectivity index (χ3n) is 5.23. The van der Waals surface area contributed by atoms with Gasteiger partial charge in [0.15, 0.2) is 0 Å². The highest BCUT2D eigenvalue weighted by atomic mass is 35.5. The molecule has 33 heavy (non-hydrogen) atoms. The van der Waals surface area contributed by atoms with E-state index in [1.54, 1.807) is 24.3 Å². The Balaban J connectivity index is 1.90. The van der Waals surface area contributed by atoms with E-state index in [1.807, 2.05) is 0 Å². The van der Waals surface area contributed by atoms with E-state index in [9.17, 15) is 19.5 Å². The molecular formula is C24H18ClNO7. The van der Waals surface area contributed by atoms with Crippen LogP contribution in [0.5, 0.6) is 5.75 Å². The maximum Gasteiger partial charge on any atom is 0.337 e. The molecule has 4 rings (SSSR count). The molecule has 0 spiro atoms. The number of methoxy groups -OCH3 is 2. The molecule has 1 N–H and O–H groups in total. The van der Waals surface area contributed by atoms with Crippen LogP contribution in [0, 0.1) is 0 Å². The van der Waals surface area contributed by atoms with Gasteiger partial charge in [-0.2, -0.15) is 0 Å². The lowest BCUT2D eigenvalue weighted by Crippen LogP contribution is -2.29. The zero-order valence-corrected chi connectivity index (χ0v) is 18.3. The van der Waals surface area contributed by atoms with Gasteiger partial charge in [-0.3, -0.25) is 14.5 Å². The number of ether oxygens (including phenoxy) is 2. The minimum Gasteiger partial charge on any atom is -0.507 e. The Bertz CT molecular complexity index is 1280. The van der Waals surface area contributed by atoms with Crippen molar-refractivity contribution >= 4 is 40.7 Å². The van der Waals surface area contributed by atoms with Crippen LogP contribution in [-0.2, 0) is 14.3 Å². The summed E-state index contributed by atoms with van der Waals surface area (Å²) in [5, 5.41) is 11.3. The summed E-state index contributed by atoms with van der Waals surface area (Å²) in [5.41, 5.74) is 0.489. The SMILES string of the molecule is COC(=O)c1cccc(N2C(=O)C(=O)/C(=C(\O)c3ccc(OC)c(Cl)c3)C2c2ccco2)c1. The van der Waals surface area contributed by atoms with Gasteiger partial charge < -0.3 is 19.0 Å². The Labute approximate surface area is 193 Å². The molecule has 1 saturated heterocycles. The van der Waals surface area contributed by atoms with Crippen LogP contribution >= 0.6 is 11.6 Å². The molecule has 1 atom stereocenters. The molecule has 1 aliphatic rings. The number of ketones is 1. The minimum absolute atomic E-state index is 0.181. The van der Waals surface area contributed by atoms with E-state index in [2.05, 4.69) is 0 Å². The summed E-state index contributed by atoms with van der Waals surface area (Å²) >= 11 is 6.18. The minimum atomic E-state index is -1.08. The summed E-state index contributed by atoms with van der Waals surface area (Å²) in [6, 6.07) is 12.7. The van der Waals surface area contributed by atoms with E-state index in [-0.39, 0.29) is 33.2 Å². The Kier molecular flexibility index (Phi) is 5.93. The van der Waals surface area contributed by atoms with Crippen molar-refractivity contribution in [3.8, 4) is 5.75 Å². The number of carbonyl (C=O) groups excluding carboxylic acids is 3. The molecule has 0 saturated carbocycles. The van der Waals surface area contributed by atoms with E-state index >= 15 is 0 Å². The van der Waals surface area contributed by atoms with Crippen LogP contribution in [0.4, 0.5) is 5.69 Å². The zero-order chi connectivity index (χ0) is 23.7. The Morgan fingerprint density at radius 2 is 1.85 bits per heavy atom. The monoisotopic (exact) mass is 467 g/mol. The second-order valence-electron chi connectivity index (χ2n) is 7.08. The first-order valence-electron chi connectivity index (χ1n) is 9.74. The number of esters is 1. The predicted molar refractivity (Wildman–Crippen MR) is 119 cm³/mol. The molecule has 1 fully saturated rings. The van der Waals surface area contributed by atoms with Crippen molar-refractivity contribution in [2.24, 2.45) is 0 Å². The quantitative estimate of drug-likeness (QED) is 0.257. The Morgan fingerprint density at radius 1 is 1.06 bits per heavy atom. The Morgan fingerprint density at radius 3 is 2.48 bits per heavy atom. The first-order chi connectivity index (χ1) is 15.9. The summed E-state index contributed by atoms with van der Waals surface area (Å²) < 4.78 is 15.4. The fourth-order valence-corrected chi connectivity index (χ4v) is 3.94. The number of nitrogens with zero attached hydrogens (tertiary/aromatic N) is 1. The van der Waals surface area contributed by atoms with Crippen LogP contribution in [0.15, 0.2) is 70.9 Å². The van der Waals surface area contributed by atoms with Gasteiger partial charge in [-0.05, 0) is 48.5 Å². The van der Waals surface area contributed by atoms with Gasteiger partial charge in [0, 0.05) is 11.3 Å². The summed E-state index contributed by atoms with van der Waals surface area (Å²) in [6.07, 6.45) is 1.39. The number of hydrogen-bond donors (Lipinski definition) is 1. The average molecular weight is 468 g/mol. The number of rotatable bonds is 5. The molecule has 1 aliphatic heterocycles. The topological polar surface area (TPSA) is 106 Å². The van der Waals surface area contributed by atoms with Crippen molar-refractivity contribution in [3.05, 3.63) is 88.3 Å². The van der Waals surface area contributed by atoms with Crippen molar-refractivity contribution < 1.29 is 33.4 Å². The highest BCUT2D eigenvalue weighted by Crippen LogP contribution is 2.43. The number of furan rings is 1. The number of benzene rings is 2. The third-order valence-corrected chi connectivity index (χ3v) is 5.52. The van der Waals surface area contributed by atoms with Gasteiger partial charge in [-0.1, -0.05) is 17.7 Å². The molecule has 1 unspecified atom stereocenters. The lowest BCUT2D eigenvalue weighted by Gasteiger charge is -2.23. The van der Waals surface area contributed by atoms with Crippen LogP contribution in [0.1, 0.15) is 27.7 Å². The molecule has 0 bridgehead atoms. The summed E-state index contributed by atoms with van der Waals surface area (Å²) in [4.78, 5) is 39.4. The van der Waals surface area contributed by atoms with E-state index in [1.165, 1.54) is 55.7 Å². The standard InChI is InChI=1S/C24H18ClNO7/c1-31-17-9-8-13(12-16(17)25)21(27)19-20(18-7-4-10-33-18)26(23(29)22(19)28)15-6-3-5-14(11-15)24(30)32-2/h3-12,20,27H,1-2H3/b21-19-. The summed E-state index contributed by atoms with van der Waals surface area (Å²) in [5.74, 6) is -2.19. The van der Waals surface area contributed by atoms with Gasteiger partial charge >= 0.3 is 5.97 Å².